The zero-order chi connectivity index (χ0) is 14.3. The second-order valence-corrected chi connectivity index (χ2v) is 5.07. The number of nitrogens with one attached hydrogen (secondary N) is 2. The molecule has 106 valence electrons. The van der Waals surface area contributed by atoms with Gasteiger partial charge >= 0.3 is 6.18 Å². The van der Waals surface area contributed by atoms with Gasteiger partial charge in [0.1, 0.15) is 5.02 Å². The first-order chi connectivity index (χ1) is 9.47. The van der Waals surface area contributed by atoms with E-state index in [1.807, 2.05) is 29.4 Å². The highest BCUT2D eigenvalue weighted by Crippen LogP contribution is 2.39. The lowest BCUT2D eigenvalue weighted by atomic mass is 10.1. The van der Waals surface area contributed by atoms with Crippen LogP contribution in [0, 0.1) is 0 Å². The fraction of sp³-hybridized carbons (Fsp3) is 0.308. The predicted molar refractivity (Wildman–Crippen MR) is 69.7 cm³/mol. The summed E-state index contributed by atoms with van der Waals surface area (Å²) in [6, 6.07) is 7.78. The molecule has 20 heavy (non-hydrogen) atoms. The number of hydrogen-bond donors (Lipinski definition) is 2. The minimum atomic E-state index is -4.53. The molecular weight excluding hydrogens is 291 g/mol. The number of halogens is 4. The number of anilines is 1. The molecule has 1 aromatic heterocycles. The summed E-state index contributed by atoms with van der Waals surface area (Å²) in [5.41, 5.74) is 1.26. The van der Waals surface area contributed by atoms with Crippen molar-refractivity contribution >= 4 is 17.4 Å². The summed E-state index contributed by atoms with van der Waals surface area (Å²) >= 11 is 5.74. The van der Waals surface area contributed by atoms with E-state index in [1.54, 1.807) is 0 Å². The van der Waals surface area contributed by atoms with Crippen LogP contribution >= 0.6 is 11.6 Å². The van der Waals surface area contributed by atoms with E-state index in [0.717, 1.165) is 18.4 Å². The summed E-state index contributed by atoms with van der Waals surface area (Å²) in [6.07, 6.45) is -2.83. The number of aromatic nitrogens is 2. The Kier molecular flexibility index (Phi) is 3.12. The summed E-state index contributed by atoms with van der Waals surface area (Å²) < 4.78 is 37.9. The number of rotatable bonds is 2. The lowest BCUT2D eigenvalue weighted by Gasteiger charge is -2.13. The molecule has 3 nitrogen and oxygen atoms in total. The molecule has 1 aromatic carbocycles. The van der Waals surface area contributed by atoms with Gasteiger partial charge in [-0.05, 0) is 24.0 Å². The van der Waals surface area contributed by atoms with Gasteiger partial charge in [-0.25, -0.2) is 0 Å². The van der Waals surface area contributed by atoms with Crippen molar-refractivity contribution in [3.05, 3.63) is 46.1 Å². The van der Waals surface area contributed by atoms with Crippen molar-refractivity contribution in [3.8, 4) is 0 Å². The molecule has 0 saturated carbocycles. The number of fused-ring (bicyclic) bond motifs is 1. The second kappa shape index (κ2) is 4.70. The molecule has 2 aromatic rings. The van der Waals surface area contributed by atoms with E-state index in [2.05, 4.69) is 10.4 Å². The highest BCUT2D eigenvalue weighted by molar-refractivity contribution is 6.33. The average molecular weight is 302 g/mol. The summed E-state index contributed by atoms with van der Waals surface area (Å²) in [5, 5.41) is 8.14. The van der Waals surface area contributed by atoms with Gasteiger partial charge in [0.25, 0.3) is 0 Å². The Morgan fingerprint density at radius 2 is 2.05 bits per heavy atom. The van der Waals surface area contributed by atoms with E-state index in [4.69, 9.17) is 11.6 Å². The number of nitrogens with zero attached hydrogens (tertiary/aromatic N) is 1. The molecule has 1 unspecified atom stereocenters. The lowest BCUT2D eigenvalue weighted by molar-refractivity contribution is -0.141. The Balaban J connectivity index is 1.85. The van der Waals surface area contributed by atoms with Crippen molar-refractivity contribution in [2.45, 2.75) is 25.1 Å². The molecule has 0 saturated heterocycles. The van der Waals surface area contributed by atoms with Crippen molar-refractivity contribution in [2.75, 3.05) is 5.32 Å². The first-order valence-electron chi connectivity index (χ1n) is 6.12. The van der Waals surface area contributed by atoms with Crippen molar-refractivity contribution in [1.29, 1.82) is 0 Å². The minimum Gasteiger partial charge on any atom is -0.361 e. The van der Waals surface area contributed by atoms with Crippen LogP contribution in [0.2, 0.25) is 5.02 Å². The molecule has 1 aliphatic rings. The van der Waals surface area contributed by atoms with Gasteiger partial charge in [-0.2, -0.15) is 18.3 Å². The van der Waals surface area contributed by atoms with Crippen molar-refractivity contribution in [3.63, 3.8) is 0 Å². The number of aryl methyl sites for hydroxylation is 1. The van der Waals surface area contributed by atoms with Crippen LogP contribution in [0.15, 0.2) is 24.3 Å². The molecule has 0 aliphatic heterocycles. The Morgan fingerprint density at radius 3 is 2.75 bits per heavy atom. The van der Waals surface area contributed by atoms with Gasteiger partial charge in [-0.15, -0.1) is 0 Å². The van der Waals surface area contributed by atoms with Gasteiger partial charge in [-0.1, -0.05) is 35.9 Å². The molecule has 0 bridgehead atoms. The van der Waals surface area contributed by atoms with Crippen LogP contribution in [0.3, 0.4) is 0 Å². The second-order valence-electron chi connectivity index (χ2n) is 4.69. The normalized spacial score (nSPS) is 18.1. The van der Waals surface area contributed by atoms with E-state index >= 15 is 0 Å². The van der Waals surface area contributed by atoms with Crippen molar-refractivity contribution < 1.29 is 13.2 Å². The number of H-pyrrole nitrogens is 1. The Morgan fingerprint density at radius 1 is 1.30 bits per heavy atom. The number of hydrogen-bond acceptors (Lipinski definition) is 2. The van der Waals surface area contributed by atoms with Gasteiger partial charge in [0, 0.05) is 0 Å². The highest BCUT2D eigenvalue weighted by atomic mass is 35.5. The van der Waals surface area contributed by atoms with Gasteiger partial charge in [0.05, 0.1) is 6.04 Å². The highest BCUT2D eigenvalue weighted by Gasteiger charge is 2.37. The molecule has 0 spiro atoms. The fourth-order valence-corrected chi connectivity index (χ4v) is 2.73. The van der Waals surface area contributed by atoms with Crippen molar-refractivity contribution in [2.24, 2.45) is 0 Å². The number of aromatic amines is 1. The average Bonchev–Trinajstić information content (AvgIpc) is 2.95. The zero-order valence-corrected chi connectivity index (χ0v) is 11.0. The molecule has 1 heterocycles. The molecule has 0 fully saturated rings. The van der Waals surface area contributed by atoms with Crippen LogP contribution in [0.5, 0.6) is 0 Å². The molecule has 1 aliphatic carbocycles. The third-order valence-corrected chi connectivity index (χ3v) is 3.80. The molecule has 2 N–H and O–H groups in total. The summed E-state index contributed by atoms with van der Waals surface area (Å²) in [4.78, 5) is 0. The Hall–Kier alpha value is -1.69. The van der Waals surface area contributed by atoms with E-state index in [1.165, 1.54) is 5.56 Å². The quantitative estimate of drug-likeness (QED) is 0.873. The van der Waals surface area contributed by atoms with Gasteiger partial charge in [0.15, 0.2) is 11.5 Å². The van der Waals surface area contributed by atoms with Gasteiger partial charge in [-0.3, -0.25) is 5.10 Å². The lowest BCUT2D eigenvalue weighted by Crippen LogP contribution is -2.08. The number of alkyl halides is 3. The monoisotopic (exact) mass is 301 g/mol. The van der Waals surface area contributed by atoms with Crippen molar-refractivity contribution in [1.82, 2.24) is 10.2 Å². The predicted octanol–water partition coefficient (Wildman–Crippen LogP) is 4.18. The summed E-state index contributed by atoms with van der Waals surface area (Å²) in [7, 11) is 0. The first-order valence-corrected chi connectivity index (χ1v) is 6.50. The maximum absolute atomic E-state index is 12.6. The van der Waals surface area contributed by atoms with Crippen LogP contribution in [-0.4, -0.2) is 10.2 Å². The molecule has 1 atom stereocenters. The van der Waals surface area contributed by atoms with Crippen LogP contribution in [0.4, 0.5) is 19.0 Å². The Bertz CT molecular complexity index is 636. The van der Waals surface area contributed by atoms with E-state index in [-0.39, 0.29) is 11.9 Å². The van der Waals surface area contributed by atoms with Gasteiger partial charge in [0.2, 0.25) is 0 Å². The molecule has 3 rings (SSSR count). The molecule has 0 radical (unpaired) electrons. The van der Waals surface area contributed by atoms with E-state index < -0.39 is 16.9 Å². The number of benzene rings is 1. The Labute approximate surface area is 118 Å². The third-order valence-electron chi connectivity index (χ3n) is 3.43. The molecule has 0 amide bonds. The third kappa shape index (κ3) is 2.24. The minimum absolute atomic E-state index is 0.0423. The molecular formula is C13H11ClF3N3. The van der Waals surface area contributed by atoms with Crippen LogP contribution < -0.4 is 5.32 Å². The SMILES string of the molecule is FC(F)(F)c1[nH]nc(NC2CCc3ccccc32)c1Cl. The molecule has 7 heteroatoms. The van der Waals surface area contributed by atoms with Crippen LogP contribution in [0.25, 0.3) is 0 Å². The maximum atomic E-state index is 12.6. The zero-order valence-electron chi connectivity index (χ0n) is 10.3. The standard InChI is InChI=1S/C13H11ClF3N3/c14-10-11(13(15,16)17)19-20-12(10)18-9-6-5-7-3-1-2-4-8(7)9/h1-4,9H,5-6H2,(H2,18,19,20). The topological polar surface area (TPSA) is 40.7 Å². The van der Waals surface area contributed by atoms with Crippen LogP contribution in [0.1, 0.15) is 29.3 Å². The largest absolute Gasteiger partial charge is 0.434 e. The maximum Gasteiger partial charge on any atom is 0.434 e. The van der Waals surface area contributed by atoms with E-state index in [9.17, 15) is 13.2 Å². The fourth-order valence-electron chi connectivity index (χ4n) is 2.48. The smallest absolute Gasteiger partial charge is 0.361 e. The first kappa shape index (κ1) is 13.3. The van der Waals surface area contributed by atoms with Crippen LogP contribution in [-0.2, 0) is 12.6 Å². The van der Waals surface area contributed by atoms with E-state index in [0.29, 0.717) is 0 Å². The summed E-state index contributed by atoms with van der Waals surface area (Å²) in [5.74, 6) is 0.0423. The van der Waals surface area contributed by atoms with Gasteiger partial charge < -0.3 is 5.32 Å². The summed E-state index contributed by atoms with van der Waals surface area (Å²) in [6.45, 7) is 0.